The molecular weight excluding hydrogens is 286 g/mol. The molecule has 2 aromatic rings. The van der Waals surface area contributed by atoms with E-state index in [1.807, 2.05) is 6.07 Å². The summed E-state index contributed by atoms with van der Waals surface area (Å²) in [6, 6.07) is 11.1. The van der Waals surface area contributed by atoms with Gasteiger partial charge in [-0.3, -0.25) is 0 Å². The van der Waals surface area contributed by atoms with Crippen LogP contribution >= 0.6 is 0 Å². The molecule has 0 radical (unpaired) electrons. The molecule has 0 unspecified atom stereocenters. The zero-order valence-corrected chi connectivity index (χ0v) is 10.6. The monoisotopic (exact) mass is 295 g/mol. The maximum absolute atomic E-state index is 13.5. The van der Waals surface area contributed by atoms with Crippen molar-refractivity contribution in [2.24, 2.45) is 0 Å². The lowest BCUT2D eigenvalue weighted by Crippen LogP contribution is -2.16. The van der Waals surface area contributed by atoms with Crippen molar-refractivity contribution in [3.63, 3.8) is 0 Å². The number of alkyl halides is 3. The maximum Gasteiger partial charge on any atom is 0.573 e. The van der Waals surface area contributed by atoms with E-state index in [-0.39, 0.29) is 12.2 Å². The minimum atomic E-state index is -4.75. The SMILES string of the molecule is N#CCc1cc(F)cc(-c2ccc(OC(F)(F)F)cc2)c1. The molecule has 0 heterocycles. The van der Waals surface area contributed by atoms with Gasteiger partial charge in [-0.15, -0.1) is 13.2 Å². The molecule has 108 valence electrons. The summed E-state index contributed by atoms with van der Waals surface area (Å²) in [6.45, 7) is 0. The van der Waals surface area contributed by atoms with Crippen molar-refractivity contribution >= 4 is 0 Å². The molecule has 6 heteroatoms. The minimum Gasteiger partial charge on any atom is -0.406 e. The molecule has 0 aliphatic heterocycles. The van der Waals surface area contributed by atoms with Gasteiger partial charge in [-0.1, -0.05) is 12.1 Å². The van der Waals surface area contributed by atoms with Gasteiger partial charge in [0.15, 0.2) is 0 Å². The third-order valence-corrected chi connectivity index (χ3v) is 2.66. The molecule has 0 bridgehead atoms. The van der Waals surface area contributed by atoms with E-state index in [1.165, 1.54) is 24.3 Å². The molecule has 21 heavy (non-hydrogen) atoms. The number of benzene rings is 2. The Morgan fingerprint density at radius 2 is 1.67 bits per heavy atom. The Kier molecular flexibility index (Phi) is 4.13. The van der Waals surface area contributed by atoms with Crippen LogP contribution in [0, 0.1) is 17.1 Å². The molecule has 2 aromatic carbocycles. The first-order valence-electron chi connectivity index (χ1n) is 5.90. The second kappa shape index (κ2) is 5.83. The highest BCUT2D eigenvalue weighted by atomic mass is 19.4. The van der Waals surface area contributed by atoms with Crippen molar-refractivity contribution in [3.05, 3.63) is 53.8 Å². The van der Waals surface area contributed by atoms with Gasteiger partial charge in [0.05, 0.1) is 12.5 Å². The number of nitrogens with zero attached hydrogens (tertiary/aromatic N) is 1. The first-order chi connectivity index (χ1) is 9.87. The van der Waals surface area contributed by atoms with Crippen LogP contribution in [0.25, 0.3) is 11.1 Å². The van der Waals surface area contributed by atoms with E-state index in [1.54, 1.807) is 6.07 Å². The number of hydrogen-bond acceptors (Lipinski definition) is 2. The third kappa shape index (κ3) is 4.21. The Morgan fingerprint density at radius 1 is 1.00 bits per heavy atom. The van der Waals surface area contributed by atoms with Gasteiger partial charge in [-0.2, -0.15) is 5.26 Å². The van der Waals surface area contributed by atoms with E-state index < -0.39 is 12.2 Å². The van der Waals surface area contributed by atoms with Gasteiger partial charge in [0, 0.05) is 0 Å². The van der Waals surface area contributed by atoms with Crippen molar-refractivity contribution in [2.75, 3.05) is 0 Å². The van der Waals surface area contributed by atoms with E-state index in [9.17, 15) is 17.6 Å². The number of ether oxygens (including phenoxy) is 1. The Morgan fingerprint density at radius 3 is 2.24 bits per heavy atom. The highest BCUT2D eigenvalue weighted by molar-refractivity contribution is 5.65. The van der Waals surface area contributed by atoms with E-state index in [4.69, 9.17) is 5.26 Å². The first kappa shape index (κ1) is 14.9. The molecule has 0 aliphatic carbocycles. The van der Waals surface area contributed by atoms with Crippen LogP contribution in [-0.4, -0.2) is 6.36 Å². The van der Waals surface area contributed by atoms with Crippen molar-refractivity contribution in [1.82, 2.24) is 0 Å². The quantitative estimate of drug-likeness (QED) is 0.783. The molecule has 0 N–H and O–H groups in total. The van der Waals surface area contributed by atoms with E-state index >= 15 is 0 Å². The molecule has 0 fully saturated rings. The van der Waals surface area contributed by atoms with Crippen molar-refractivity contribution < 1.29 is 22.3 Å². The van der Waals surface area contributed by atoms with Gasteiger partial charge in [0.2, 0.25) is 0 Å². The lowest BCUT2D eigenvalue weighted by Gasteiger charge is -2.10. The summed E-state index contributed by atoms with van der Waals surface area (Å²) in [6.07, 6.45) is -4.69. The maximum atomic E-state index is 13.5. The molecule has 0 aliphatic rings. The van der Waals surface area contributed by atoms with Gasteiger partial charge in [-0.25, -0.2) is 4.39 Å². The van der Waals surface area contributed by atoms with Crippen LogP contribution in [0.4, 0.5) is 17.6 Å². The average Bonchev–Trinajstić information content (AvgIpc) is 2.37. The number of nitriles is 1. The topological polar surface area (TPSA) is 33.0 Å². The minimum absolute atomic E-state index is 0.0556. The van der Waals surface area contributed by atoms with E-state index in [2.05, 4.69) is 4.74 Å². The molecule has 0 aromatic heterocycles. The Hall–Kier alpha value is -2.55. The summed E-state index contributed by atoms with van der Waals surface area (Å²) in [7, 11) is 0. The van der Waals surface area contributed by atoms with E-state index in [0.717, 1.165) is 12.1 Å². The molecule has 0 saturated heterocycles. The summed E-state index contributed by atoms with van der Waals surface area (Å²) in [5.41, 5.74) is 1.52. The highest BCUT2D eigenvalue weighted by Gasteiger charge is 2.30. The van der Waals surface area contributed by atoms with Crippen molar-refractivity contribution in [1.29, 1.82) is 5.26 Å². The van der Waals surface area contributed by atoms with Gasteiger partial charge in [-0.05, 0) is 47.0 Å². The van der Waals surface area contributed by atoms with Crippen molar-refractivity contribution in [2.45, 2.75) is 12.8 Å². The number of rotatable bonds is 3. The predicted octanol–water partition coefficient (Wildman–Crippen LogP) is 4.46. The average molecular weight is 295 g/mol. The van der Waals surface area contributed by atoms with Crippen molar-refractivity contribution in [3.8, 4) is 22.9 Å². The Labute approximate surface area is 118 Å². The highest BCUT2D eigenvalue weighted by Crippen LogP contribution is 2.27. The van der Waals surface area contributed by atoms with Crippen LogP contribution in [0.1, 0.15) is 5.56 Å². The van der Waals surface area contributed by atoms with Crippen LogP contribution in [0.5, 0.6) is 5.75 Å². The van der Waals surface area contributed by atoms with Gasteiger partial charge >= 0.3 is 6.36 Å². The standard InChI is InChI=1S/C15H9F4NO/c16-13-8-10(5-6-20)7-12(9-13)11-1-3-14(4-2-11)21-15(17,18)19/h1-4,7-9H,5H2. The Bertz CT molecular complexity index is 672. The molecule has 2 rings (SSSR count). The summed E-state index contributed by atoms with van der Waals surface area (Å²) in [5, 5.41) is 8.62. The summed E-state index contributed by atoms with van der Waals surface area (Å²) in [4.78, 5) is 0. The molecule has 0 spiro atoms. The smallest absolute Gasteiger partial charge is 0.406 e. The third-order valence-electron chi connectivity index (χ3n) is 2.66. The molecule has 0 amide bonds. The molecule has 0 atom stereocenters. The number of halogens is 4. The lowest BCUT2D eigenvalue weighted by molar-refractivity contribution is -0.274. The Balaban J connectivity index is 2.28. The zero-order chi connectivity index (χ0) is 15.5. The van der Waals surface area contributed by atoms with Crippen LogP contribution in [0.3, 0.4) is 0 Å². The number of hydrogen-bond donors (Lipinski definition) is 0. The first-order valence-corrected chi connectivity index (χ1v) is 5.90. The second-order valence-electron chi connectivity index (χ2n) is 4.26. The van der Waals surface area contributed by atoms with Gasteiger partial charge in [0.25, 0.3) is 0 Å². The van der Waals surface area contributed by atoms with Gasteiger partial charge < -0.3 is 4.74 Å². The molecular formula is C15H9F4NO. The van der Waals surface area contributed by atoms with Crippen LogP contribution in [0.15, 0.2) is 42.5 Å². The van der Waals surface area contributed by atoms with Crippen LogP contribution < -0.4 is 4.74 Å². The predicted molar refractivity (Wildman–Crippen MR) is 67.8 cm³/mol. The molecule has 0 saturated carbocycles. The van der Waals surface area contributed by atoms with Crippen LogP contribution in [-0.2, 0) is 6.42 Å². The largest absolute Gasteiger partial charge is 0.573 e. The van der Waals surface area contributed by atoms with Gasteiger partial charge in [0.1, 0.15) is 11.6 Å². The fourth-order valence-corrected chi connectivity index (χ4v) is 1.86. The fourth-order valence-electron chi connectivity index (χ4n) is 1.86. The summed E-state index contributed by atoms with van der Waals surface area (Å²) < 4.78 is 53.4. The molecule has 2 nitrogen and oxygen atoms in total. The second-order valence-corrected chi connectivity index (χ2v) is 4.26. The summed E-state index contributed by atoms with van der Waals surface area (Å²) in [5.74, 6) is -0.853. The zero-order valence-electron chi connectivity index (χ0n) is 10.6. The van der Waals surface area contributed by atoms with E-state index in [0.29, 0.717) is 16.7 Å². The lowest BCUT2D eigenvalue weighted by atomic mass is 10.0. The normalized spacial score (nSPS) is 11.0. The summed E-state index contributed by atoms with van der Waals surface area (Å²) >= 11 is 0. The fraction of sp³-hybridized carbons (Fsp3) is 0.133. The van der Waals surface area contributed by atoms with Crippen LogP contribution in [0.2, 0.25) is 0 Å².